The van der Waals surface area contributed by atoms with Gasteiger partial charge in [0.05, 0.1) is 6.10 Å². The minimum atomic E-state index is -0.463. The Bertz CT molecular complexity index is 553. The average molecular weight is 400 g/mol. The quantitative estimate of drug-likeness (QED) is 0.371. The maximum Gasteiger partial charge on any atom is 2.00 e. The summed E-state index contributed by atoms with van der Waals surface area (Å²) in [4.78, 5) is 0. The summed E-state index contributed by atoms with van der Waals surface area (Å²) >= 11 is 0. The third-order valence-corrected chi connectivity index (χ3v) is 3.12. The molecule has 0 heterocycles. The first-order valence-electron chi connectivity index (χ1n) is 7.32. The monoisotopic (exact) mass is 400 g/mol. The van der Waals surface area contributed by atoms with Crippen molar-refractivity contribution in [2.45, 2.75) is 6.10 Å². The molecule has 3 heteroatoms. The molecule has 1 N–H and O–H groups in total. The number of hydrogen-bond donors (Lipinski definition) is 1. The Morgan fingerprint density at radius 3 is 1.17 bits per heavy atom. The van der Waals surface area contributed by atoms with Gasteiger partial charge in [0.25, 0.3) is 0 Å². The standard InChI is InChI=1S/C11H10O.2C5H5.2Fe/c12-11(9-5-1-2-6-9)10-7-3-4-8-10;2*1-2-4-5-3-1;;/h1-8,11-12H;2*1-5H;;/q-2;2*-1;2*+2. The summed E-state index contributed by atoms with van der Waals surface area (Å²) in [7, 11) is 0. The Balaban J connectivity index is 0.000000370. The molecule has 0 saturated heterocycles. The predicted molar refractivity (Wildman–Crippen MR) is 92.2 cm³/mol. The van der Waals surface area contributed by atoms with Crippen LogP contribution < -0.4 is 0 Å². The van der Waals surface area contributed by atoms with Crippen molar-refractivity contribution in [1.29, 1.82) is 0 Å². The molecule has 1 nitrogen and oxygen atoms in total. The van der Waals surface area contributed by atoms with E-state index in [0.717, 1.165) is 11.1 Å². The first-order chi connectivity index (χ1) is 10.9. The Hall–Kier alpha value is -1.60. The van der Waals surface area contributed by atoms with Crippen LogP contribution >= 0.6 is 0 Å². The molecular formula is C21H20Fe2O. The Kier molecular flexibility index (Phi) is 12.9. The smallest absolute Gasteiger partial charge is 0.388 e. The molecule has 4 aromatic rings. The van der Waals surface area contributed by atoms with Gasteiger partial charge in [0.2, 0.25) is 0 Å². The van der Waals surface area contributed by atoms with Gasteiger partial charge >= 0.3 is 34.1 Å². The molecule has 24 heavy (non-hydrogen) atoms. The third-order valence-electron chi connectivity index (χ3n) is 3.12. The summed E-state index contributed by atoms with van der Waals surface area (Å²) in [5.41, 5.74) is 1.92. The van der Waals surface area contributed by atoms with Crippen LogP contribution in [0.4, 0.5) is 0 Å². The van der Waals surface area contributed by atoms with E-state index in [2.05, 4.69) is 0 Å². The van der Waals surface area contributed by atoms with E-state index in [9.17, 15) is 5.11 Å². The summed E-state index contributed by atoms with van der Waals surface area (Å²) in [6.07, 6.45) is -0.463. The molecule has 0 aliphatic rings. The predicted octanol–water partition coefficient (Wildman–Crippen LogP) is 5.01. The van der Waals surface area contributed by atoms with Crippen LogP contribution in [0.15, 0.2) is 109 Å². The molecule has 0 radical (unpaired) electrons. The minimum absolute atomic E-state index is 0. The van der Waals surface area contributed by atoms with Crippen LogP contribution in [0.5, 0.6) is 0 Å². The Morgan fingerprint density at radius 2 is 0.958 bits per heavy atom. The molecule has 0 atom stereocenters. The van der Waals surface area contributed by atoms with Crippen molar-refractivity contribution >= 4 is 0 Å². The van der Waals surface area contributed by atoms with E-state index >= 15 is 0 Å². The molecule has 0 spiro atoms. The van der Waals surface area contributed by atoms with E-state index < -0.39 is 6.10 Å². The molecule has 4 rings (SSSR count). The Morgan fingerprint density at radius 1 is 0.583 bits per heavy atom. The number of rotatable bonds is 2. The van der Waals surface area contributed by atoms with E-state index in [-0.39, 0.29) is 34.1 Å². The van der Waals surface area contributed by atoms with Crippen molar-refractivity contribution in [3.05, 3.63) is 120 Å². The van der Waals surface area contributed by atoms with Gasteiger partial charge in [-0.25, -0.2) is 48.5 Å². The first-order valence-corrected chi connectivity index (χ1v) is 7.32. The normalized spacial score (nSPS) is 8.75. The van der Waals surface area contributed by atoms with Crippen LogP contribution in [0.2, 0.25) is 0 Å². The van der Waals surface area contributed by atoms with Gasteiger partial charge in [-0.2, -0.15) is 60.7 Å². The maximum atomic E-state index is 9.77. The van der Waals surface area contributed by atoms with Crippen molar-refractivity contribution in [2.75, 3.05) is 0 Å². The molecule has 126 valence electrons. The summed E-state index contributed by atoms with van der Waals surface area (Å²) in [5.74, 6) is 0. The Labute approximate surface area is 165 Å². The SMILES string of the molecule is OC(c1ccc[cH-]1)c1ccc[cH-]1.[Fe+2].[Fe+2].c1cc[cH-]c1.c1cc[cH-]c1. The molecule has 0 unspecified atom stereocenters. The van der Waals surface area contributed by atoms with Crippen molar-refractivity contribution in [2.24, 2.45) is 0 Å². The van der Waals surface area contributed by atoms with Gasteiger partial charge in [-0.15, -0.1) is 11.1 Å². The van der Waals surface area contributed by atoms with Gasteiger partial charge in [-0.1, -0.05) is 0 Å². The van der Waals surface area contributed by atoms with Gasteiger partial charge in [0.15, 0.2) is 0 Å². The van der Waals surface area contributed by atoms with Gasteiger partial charge < -0.3 is 5.11 Å². The molecule has 0 aliphatic heterocycles. The van der Waals surface area contributed by atoms with E-state index in [1.807, 2.05) is 109 Å². The summed E-state index contributed by atoms with van der Waals surface area (Å²) in [6.45, 7) is 0. The van der Waals surface area contributed by atoms with E-state index in [1.54, 1.807) is 0 Å². The molecule has 0 amide bonds. The fourth-order valence-electron chi connectivity index (χ4n) is 1.98. The number of hydrogen-bond acceptors (Lipinski definition) is 1. The average Bonchev–Trinajstić information content (AvgIpc) is 3.42. The summed E-state index contributed by atoms with van der Waals surface area (Å²) in [6, 6.07) is 35.4. The molecule has 0 aromatic heterocycles. The molecule has 4 aromatic carbocycles. The van der Waals surface area contributed by atoms with E-state index in [1.165, 1.54) is 0 Å². The molecular weight excluding hydrogens is 380 g/mol. The minimum Gasteiger partial charge on any atom is -0.388 e. The fourth-order valence-corrected chi connectivity index (χ4v) is 1.98. The van der Waals surface area contributed by atoms with Crippen molar-refractivity contribution in [1.82, 2.24) is 0 Å². The van der Waals surface area contributed by atoms with Gasteiger partial charge in [0, 0.05) is 0 Å². The molecule has 0 bridgehead atoms. The zero-order valence-electron chi connectivity index (χ0n) is 13.1. The van der Waals surface area contributed by atoms with Crippen LogP contribution in [0.25, 0.3) is 0 Å². The first kappa shape index (κ1) is 22.4. The van der Waals surface area contributed by atoms with Gasteiger partial charge in [0.1, 0.15) is 0 Å². The van der Waals surface area contributed by atoms with Crippen molar-refractivity contribution in [3.8, 4) is 0 Å². The van der Waals surface area contributed by atoms with Gasteiger partial charge in [-0.3, -0.25) is 0 Å². The largest absolute Gasteiger partial charge is 2.00 e. The van der Waals surface area contributed by atoms with Gasteiger partial charge in [-0.05, 0) is 0 Å². The molecule has 0 aliphatic carbocycles. The second-order valence-corrected chi connectivity index (χ2v) is 4.76. The van der Waals surface area contributed by atoms with Crippen molar-refractivity contribution in [3.63, 3.8) is 0 Å². The van der Waals surface area contributed by atoms with Crippen LogP contribution in [0, 0.1) is 0 Å². The number of aliphatic hydroxyl groups is 1. The van der Waals surface area contributed by atoms with E-state index in [4.69, 9.17) is 0 Å². The van der Waals surface area contributed by atoms with Crippen LogP contribution in [0.3, 0.4) is 0 Å². The second kappa shape index (κ2) is 13.8. The summed E-state index contributed by atoms with van der Waals surface area (Å²) < 4.78 is 0. The molecule has 0 saturated carbocycles. The van der Waals surface area contributed by atoms with Crippen LogP contribution in [-0.2, 0) is 34.1 Å². The maximum absolute atomic E-state index is 9.77. The second-order valence-electron chi connectivity index (χ2n) is 4.76. The zero-order valence-corrected chi connectivity index (χ0v) is 15.3. The van der Waals surface area contributed by atoms with Crippen molar-refractivity contribution < 1.29 is 39.2 Å². The zero-order chi connectivity index (χ0) is 15.5. The number of aliphatic hydroxyl groups excluding tert-OH is 1. The van der Waals surface area contributed by atoms with E-state index in [0.29, 0.717) is 0 Å². The third kappa shape index (κ3) is 8.31. The fraction of sp³-hybridized carbons (Fsp3) is 0.0476. The topological polar surface area (TPSA) is 20.2 Å². The van der Waals surface area contributed by atoms with Crippen LogP contribution in [-0.4, -0.2) is 5.11 Å². The van der Waals surface area contributed by atoms with Crippen LogP contribution in [0.1, 0.15) is 17.2 Å². The summed E-state index contributed by atoms with van der Waals surface area (Å²) in [5, 5.41) is 9.77. The molecule has 0 fully saturated rings.